The number of nitrogens with one attached hydrogen (secondary N) is 1. The zero-order chi connectivity index (χ0) is 21.5. The number of carboxylic acids is 1. The number of rotatable bonds is 5. The van der Waals surface area contributed by atoms with Crippen LogP contribution in [-0.4, -0.2) is 24.1 Å². The van der Waals surface area contributed by atoms with Crippen LogP contribution in [0.25, 0.3) is 32.6 Å². The third-order valence-electron chi connectivity index (χ3n) is 4.85. The average molecular weight is 433 g/mol. The summed E-state index contributed by atoms with van der Waals surface area (Å²) < 4.78 is 16.6. The third-order valence-corrected chi connectivity index (χ3v) is 5.84. The molecule has 0 atom stereocenters. The Labute approximate surface area is 179 Å². The van der Waals surface area contributed by atoms with Crippen molar-refractivity contribution >= 4 is 50.8 Å². The number of ether oxygens (including phenoxy) is 1. The summed E-state index contributed by atoms with van der Waals surface area (Å²) in [5, 5.41) is 15.6. The van der Waals surface area contributed by atoms with Crippen LogP contribution in [-0.2, 0) is 0 Å². The quantitative estimate of drug-likeness (QED) is 0.360. The van der Waals surface area contributed by atoms with Crippen molar-refractivity contribution in [3.05, 3.63) is 71.3 Å². The van der Waals surface area contributed by atoms with E-state index in [2.05, 4.69) is 5.32 Å². The maximum absolute atomic E-state index is 12.7. The van der Waals surface area contributed by atoms with Gasteiger partial charge in [0.2, 0.25) is 0 Å². The number of carbonyl (C=O) groups is 2. The summed E-state index contributed by atoms with van der Waals surface area (Å²) >= 11 is 1.17. The second-order valence-electron chi connectivity index (χ2n) is 6.78. The lowest BCUT2D eigenvalue weighted by Gasteiger charge is -2.03. The molecule has 3 aromatic heterocycles. The number of para-hydroxylation sites is 1. The molecule has 1 amide bonds. The van der Waals surface area contributed by atoms with Crippen LogP contribution in [0.1, 0.15) is 20.9 Å². The van der Waals surface area contributed by atoms with Crippen LogP contribution in [0, 0.1) is 0 Å². The van der Waals surface area contributed by atoms with E-state index in [1.165, 1.54) is 11.3 Å². The molecule has 2 aromatic carbocycles. The SMILES string of the molecule is COc1ccc2oc(-c3scc(NC(=O)c4cc5ccccc5o4)c3C(=O)O)cc2c1. The summed E-state index contributed by atoms with van der Waals surface area (Å²) in [6.07, 6.45) is 0. The Morgan fingerprint density at radius 1 is 1.00 bits per heavy atom. The summed E-state index contributed by atoms with van der Waals surface area (Å²) in [4.78, 5) is 25.1. The van der Waals surface area contributed by atoms with Crippen molar-refractivity contribution < 1.29 is 28.3 Å². The fourth-order valence-electron chi connectivity index (χ4n) is 3.38. The van der Waals surface area contributed by atoms with Gasteiger partial charge in [-0.2, -0.15) is 0 Å². The number of anilines is 1. The highest BCUT2D eigenvalue weighted by Crippen LogP contribution is 2.39. The topological polar surface area (TPSA) is 102 Å². The molecule has 0 unspecified atom stereocenters. The van der Waals surface area contributed by atoms with Gasteiger partial charge < -0.3 is 24.0 Å². The molecule has 3 heterocycles. The van der Waals surface area contributed by atoms with E-state index in [9.17, 15) is 14.7 Å². The van der Waals surface area contributed by atoms with E-state index in [4.69, 9.17) is 13.6 Å². The highest BCUT2D eigenvalue weighted by molar-refractivity contribution is 7.14. The van der Waals surface area contributed by atoms with Gasteiger partial charge in [-0.05, 0) is 36.4 Å². The Kier molecular flexibility index (Phi) is 4.48. The Hall–Kier alpha value is -4.04. The number of furan rings is 2. The van der Waals surface area contributed by atoms with E-state index in [1.54, 1.807) is 48.9 Å². The van der Waals surface area contributed by atoms with Gasteiger partial charge in [-0.3, -0.25) is 4.79 Å². The fraction of sp³-hybridized carbons (Fsp3) is 0.0435. The van der Waals surface area contributed by atoms with Gasteiger partial charge in [-0.15, -0.1) is 11.3 Å². The largest absolute Gasteiger partial charge is 0.497 e. The molecule has 0 saturated carbocycles. The number of amides is 1. The molecule has 154 valence electrons. The predicted molar refractivity (Wildman–Crippen MR) is 117 cm³/mol. The third kappa shape index (κ3) is 3.32. The van der Waals surface area contributed by atoms with Crippen molar-refractivity contribution in [1.29, 1.82) is 0 Å². The number of hydrogen-bond acceptors (Lipinski definition) is 6. The first kappa shape index (κ1) is 19.0. The second kappa shape index (κ2) is 7.33. The number of thiophene rings is 1. The first-order valence-electron chi connectivity index (χ1n) is 9.26. The number of fused-ring (bicyclic) bond motifs is 2. The van der Waals surface area contributed by atoms with Gasteiger partial charge in [-0.25, -0.2) is 4.79 Å². The smallest absolute Gasteiger partial charge is 0.339 e. The Balaban J connectivity index is 1.51. The molecule has 0 fully saturated rings. The van der Waals surface area contributed by atoms with E-state index in [0.717, 1.165) is 10.8 Å². The number of benzene rings is 2. The Bertz CT molecular complexity index is 1420. The average Bonchev–Trinajstić information content (AvgIpc) is 3.48. The first-order valence-corrected chi connectivity index (χ1v) is 10.1. The second-order valence-corrected chi connectivity index (χ2v) is 7.66. The molecule has 0 saturated heterocycles. The van der Waals surface area contributed by atoms with Gasteiger partial charge >= 0.3 is 5.97 Å². The Morgan fingerprint density at radius 2 is 1.81 bits per heavy atom. The molecule has 7 nitrogen and oxygen atoms in total. The standard InChI is InChI=1S/C23H15NO6S/c1-28-14-6-7-17-13(8-14)10-18(29-17)21-20(23(26)27)15(11-31-21)24-22(25)19-9-12-4-2-3-5-16(12)30-19/h2-11H,1H3,(H,24,25)(H,26,27). The highest BCUT2D eigenvalue weighted by Gasteiger charge is 2.24. The minimum absolute atomic E-state index is 0.0412. The number of carboxylic acid groups (broad SMARTS) is 1. The van der Waals surface area contributed by atoms with Gasteiger partial charge in [0.1, 0.15) is 28.2 Å². The molecule has 2 N–H and O–H groups in total. The molecule has 0 aliphatic rings. The van der Waals surface area contributed by atoms with Crippen LogP contribution in [0.3, 0.4) is 0 Å². The normalized spacial score (nSPS) is 11.1. The van der Waals surface area contributed by atoms with E-state index >= 15 is 0 Å². The zero-order valence-electron chi connectivity index (χ0n) is 16.2. The molecule has 31 heavy (non-hydrogen) atoms. The van der Waals surface area contributed by atoms with Gasteiger partial charge in [0.15, 0.2) is 5.76 Å². The number of methoxy groups -OCH3 is 1. The zero-order valence-corrected chi connectivity index (χ0v) is 17.0. The van der Waals surface area contributed by atoms with Crippen LogP contribution in [0.4, 0.5) is 5.69 Å². The molecule has 0 aliphatic heterocycles. The maximum Gasteiger partial charge on any atom is 0.339 e. The summed E-state index contributed by atoms with van der Waals surface area (Å²) in [6, 6.07) is 15.9. The summed E-state index contributed by atoms with van der Waals surface area (Å²) in [6.45, 7) is 0. The molecule has 0 spiro atoms. The van der Waals surface area contributed by atoms with E-state index in [-0.39, 0.29) is 17.0 Å². The van der Waals surface area contributed by atoms with Gasteiger partial charge in [0.05, 0.1) is 17.7 Å². The minimum atomic E-state index is -1.17. The minimum Gasteiger partial charge on any atom is -0.497 e. The lowest BCUT2D eigenvalue weighted by molar-refractivity contribution is 0.0699. The van der Waals surface area contributed by atoms with Gasteiger partial charge in [0.25, 0.3) is 5.91 Å². The molecular weight excluding hydrogens is 418 g/mol. The van der Waals surface area contributed by atoms with E-state index in [0.29, 0.717) is 27.6 Å². The number of hydrogen-bond donors (Lipinski definition) is 2. The van der Waals surface area contributed by atoms with E-state index in [1.807, 2.05) is 18.2 Å². The number of carbonyl (C=O) groups excluding carboxylic acids is 1. The van der Waals surface area contributed by atoms with Gasteiger partial charge in [0, 0.05) is 16.2 Å². The number of aromatic carboxylic acids is 1. The monoisotopic (exact) mass is 433 g/mol. The van der Waals surface area contributed by atoms with Crippen molar-refractivity contribution in [1.82, 2.24) is 0 Å². The van der Waals surface area contributed by atoms with Crippen molar-refractivity contribution in [2.24, 2.45) is 0 Å². The molecule has 0 aliphatic carbocycles. The maximum atomic E-state index is 12.7. The van der Waals surface area contributed by atoms with E-state index < -0.39 is 11.9 Å². The lowest BCUT2D eigenvalue weighted by Crippen LogP contribution is -2.13. The van der Waals surface area contributed by atoms with Crippen LogP contribution in [0.2, 0.25) is 0 Å². The molecule has 0 bridgehead atoms. The summed E-state index contributed by atoms with van der Waals surface area (Å²) in [5.41, 5.74) is 1.32. The van der Waals surface area contributed by atoms with Crippen molar-refractivity contribution in [2.75, 3.05) is 12.4 Å². The highest BCUT2D eigenvalue weighted by atomic mass is 32.1. The van der Waals surface area contributed by atoms with Crippen molar-refractivity contribution in [3.8, 4) is 16.4 Å². The molecule has 5 aromatic rings. The molecule has 5 rings (SSSR count). The van der Waals surface area contributed by atoms with Crippen molar-refractivity contribution in [2.45, 2.75) is 0 Å². The first-order chi connectivity index (χ1) is 15.0. The van der Waals surface area contributed by atoms with Crippen LogP contribution in [0.15, 0.2) is 68.8 Å². The molecular formula is C23H15NO6S. The lowest BCUT2D eigenvalue weighted by atomic mass is 10.1. The summed E-state index contributed by atoms with van der Waals surface area (Å²) in [5.74, 6) is -0.536. The van der Waals surface area contributed by atoms with Crippen molar-refractivity contribution in [3.63, 3.8) is 0 Å². The molecule has 0 radical (unpaired) electrons. The Morgan fingerprint density at radius 3 is 2.58 bits per heavy atom. The van der Waals surface area contributed by atoms with Crippen LogP contribution < -0.4 is 10.1 Å². The van der Waals surface area contributed by atoms with Crippen LogP contribution >= 0.6 is 11.3 Å². The van der Waals surface area contributed by atoms with Gasteiger partial charge in [-0.1, -0.05) is 18.2 Å². The fourth-order valence-corrected chi connectivity index (χ4v) is 4.33. The predicted octanol–water partition coefficient (Wildman–Crippen LogP) is 5.87. The summed E-state index contributed by atoms with van der Waals surface area (Å²) in [7, 11) is 1.57. The van der Waals surface area contributed by atoms with Crippen LogP contribution in [0.5, 0.6) is 5.75 Å². The molecule has 8 heteroatoms.